The van der Waals surface area contributed by atoms with Crippen molar-refractivity contribution >= 4 is 16.9 Å². The third-order valence-electron chi connectivity index (χ3n) is 6.69. The third kappa shape index (κ3) is 4.31. The fourth-order valence-electron chi connectivity index (χ4n) is 4.64. The van der Waals surface area contributed by atoms with Crippen LogP contribution in [0.5, 0.6) is 5.75 Å². The minimum absolute atomic E-state index is 0.0800. The third-order valence-corrected chi connectivity index (χ3v) is 6.69. The molecule has 5 rings (SSSR count). The molecule has 0 spiro atoms. The van der Waals surface area contributed by atoms with E-state index in [-0.39, 0.29) is 23.6 Å². The van der Waals surface area contributed by atoms with E-state index in [0.29, 0.717) is 58.2 Å². The Morgan fingerprint density at radius 2 is 2.06 bits per heavy atom. The van der Waals surface area contributed by atoms with Crippen LogP contribution in [0.3, 0.4) is 0 Å². The molecule has 2 aliphatic rings. The number of aliphatic hydroxyl groups excluding tert-OH is 1. The molecule has 0 aliphatic heterocycles. The smallest absolute Gasteiger partial charge is 0.255 e. The number of hydrogen-bond donors (Lipinski definition) is 3. The maximum Gasteiger partial charge on any atom is 0.255 e. The summed E-state index contributed by atoms with van der Waals surface area (Å²) in [6.07, 6.45) is 6.26. The first-order valence-electron chi connectivity index (χ1n) is 11.7. The van der Waals surface area contributed by atoms with E-state index < -0.39 is 5.82 Å². The summed E-state index contributed by atoms with van der Waals surface area (Å²) in [5.41, 5.74) is 3.16. The van der Waals surface area contributed by atoms with Gasteiger partial charge in [0.15, 0.2) is 0 Å². The van der Waals surface area contributed by atoms with Gasteiger partial charge in [0.2, 0.25) is 0 Å². The number of fused-ring (bicyclic) bond motifs is 1. The van der Waals surface area contributed by atoms with Crippen molar-refractivity contribution in [2.24, 2.45) is 5.92 Å². The molecule has 2 atom stereocenters. The number of aryl methyl sites for hydroxylation is 2. The zero-order chi connectivity index (χ0) is 23.1. The van der Waals surface area contributed by atoms with Crippen molar-refractivity contribution < 1.29 is 19.0 Å². The van der Waals surface area contributed by atoms with Crippen LogP contribution < -0.4 is 10.1 Å². The lowest BCUT2D eigenvalue weighted by molar-refractivity contribution is 0.0850. The highest BCUT2D eigenvalue weighted by Crippen LogP contribution is 2.39. The highest BCUT2D eigenvalue weighted by molar-refractivity contribution is 6.09. The highest BCUT2D eigenvalue weighted by atomic mass is 19.1. The lowest BCUT2D eigenvalue weighted by Crippen LogP contribution is -2.39. The Kier molecular flexibility index (Phi) is 5.78. The molecule has 0 bridgehead atoms. The number of carbonyl (C=O) groups excluding carboxylic acids is 1. The molecule has 174 valence electrons. The number of amides is 1. The number of nitrogens with one attached hydrogen (secondary N) is 2. The van der Waals surface area contributed by atoms with Crippen molar-refractivity contribution in [3.05, 3.63) is 41.1 Å². The maximum absolute atomic E-state index is 15.4. The lowest BCUT2D eigenvalue weighted by Gasteiger charge is -2.26. The van der Waals surface area contributed by atoms with Crippen LogP contribution in [0, 0.1) is 25.6 Å². The Labute approximate surface area is 191 Å². The van der Waals surface area contributed by atoms with Crippen molar-refractivity contribution in [3.8, 4) is 17.0 Å². The molecule has 2 aromatic heterocycles. The van der Waals surface area contributed by atoms with Gasteiger partial charge in [-0.15, -0.1) is 0 Å². The van der Waals surface area contributed by atoms with E-state index >= 15 is 4.39 Å². The molecule has 0 radical (unpaired) electrons. The predicted octanol–water partition coefficient (Wildman–Crippen LogP) is 4.20. The Balaban J connectivity index is 1.54. The van der Waals surface area contributed by atoms with Gasteiger partial charge in [-0.25, -0.2) is 14.4 Å². The van der Waals surface area contributed by atoms with Gasteiger partial charge in [0, 0.05) is 11.7 Å². The summed E-state index contributed by atoms with van der Waals surface area (Å²) in [5, 5.41) is 13.0. The minimum atomic E-state index is -0.391. The second-order valence-electron chi connectivity index (χ2n) is 9.39. The van der Waals surface area contributed by atoms with Crippen LogP contribution in [-0.2, 0) is 0 Å². The topological polar surface area (TPSA) is 100 Å². The van der Waals surface area contributed by atoms with Gasteiger partial charge >= 0.3 is 0 Å². The molecule has 1 aromatic carbocycles. The summed E-state index contributed by atoms with van der Waals surface area (Å²) < 4.78 is 21.3. The average molecular weight is 453 g/mol. The van der Waals surface area contributed by atoms with Gasteiger partial charge in [0.05, 0.1) is 29.4 Å². The summed E-state index contributed by atoms with van der Waals surface area (Å²) in [4.78, 5) is 25.1. The van der Waals surface area contributed by atoms with Crippen LogP contribution in [-0.4, -0.2) is 44.7 Å². The van der Waals surface area contributed by atoms with Crippen LogP contribution in [0.15, 0.2) is 18.5 Å². The molecule has 2 fully saturated rings. The normalized spacial score (nSPS) is 20.7. The Bertz CT molecular complexity index is 1200. The number of benzene rings is 1. The summed E-state index contributed by atoms with van der Waals surface area (Å²) >= 11 is 0. The number of carbonyl (C=O) groups is 1. The van der Waals surface area contributed by atoms with E-state index in [1.165, 1.54) is 6.33 Å². The van der Waals surface area contributed by atoms with Crippen molar-refractivity contribution in [1.29, 1.82) is 0 Å². The number of nitrogens with zero attached hydrogens (tertiary/aromatic N) is 2. The maximum atomic E-state index is 15.4. The van der Waals surface area contributed by atoms with E-state index in [1.54, 1.807) is 26.0 Å². The second-order valence-corrected chi connectivity index (χ2v) is 9.39. The number of rotatable bonds is 6. The van der Waals surface area contributed by atoms with Crippen LogP contribution in [0.4, 0.5) is 4.39 Å². The van der Waals surface area contributed by atoms with Gasteiger partial charge in [0.25, 0.3) is 5.91 Å². The zero-order valence-electron chi connectivity index (χ0n) is 18.9. The predicted molar refractivity (Wildman–Crippen MR) is 123 cm³/mol. The molecule has 8 heteroatoms. The molecule has 3 aromatic rings. The molecule has 0 saturated heterocycles. The summed E-state index contributed by atoms with van der Waals surface area (Å²) in [6, 6.07) is 3.40. The minimum Gasteiger partial charge on any atom is -0.492 e. The fourth-order valence-corrected chi connectivity index (χ4v) is 4.64. The molecular formula is C25H29FN4O3. The first-order valence-corrected chi connectivity index (χ1v) is 11.7. The largest absolute Gasteiger partial charge is 0.492 e. The van der Waals surface area contributed by atoms with Gasteiger partial charge in [-0.05, 0) is 69.9 Å². The van der Waals surface area contributed by atoms with Crippen molar-refractivity contribution in [1.82, 2.24) is 20.3 Å². The molecule has 7 nitrogen and oxygen atoms in total. The molecule has 0 unspecified atom stereocenters. The SMILES string of the molecule is Cc1ccc(OCC2CC2)c(-c2ncnc3c(C(=O)N[C@H]4CCC[C@@H](O)C4)c(C)[nH]c23)c1F. The van der Waals surface area contributed by atoms with Gasteiger partial charge in [0.1, 0.15) is 29.1 Å². The number of hydrogen-bond acceptors (Lipinski definition) is 5. The Morgan fingerprint density at radius 1 is 1.24 bits per heavy atom. The molecule has 3 N–H and O–H groups in total. The Hall–Kier alpha value is -3.00. The van der Waals surface area contributed by atoms with Crippen LogP contribution >= 0.6 is 0 Å². The molecule has 2 heterocycles. The summed E-state index contributed by atoms with van der Waals surface area (Å²) in [5.74, 6) is 0.323. The Morgan fingerprint density at radius 3 is 2.82 bits per heavy atom. The van der Waals surface area contributed by atoms with Crippen LogP contribution in [0.25, 0.3) is 22.3 Å². The summed E-state index contributed by atoms with van der Waals surface area (Å²) in [7, 11) is 0. The van der Waals surface area contributed by atoms with Crippen LogP contribution in [0.2, 0.25) is 0 Å². The molecular weight excluding hydrogens is 423 g/mol. The molecule has 33 heavy (non-hydrogen) atoms. The van der Waals surface area contributed by atoms with Crippen molar-refractivity contribution in [3.63, 3.8) is 0 Å². The summed E-state index contributed by atoms with van der Waals surface area (Å²) in [6.45, 7) is 4.06. The van der Waals surface area contributed by atoms with E-state index in [1.807, 2.05) is 0 Å². The number of ether oxygens (including phenoxy) is 1. The quantitative estimate of drug-likeness (QED) is 0.520. The van der Waals surface area contributed by atoms with E-state index in [2.05, 4.69) is 20.3 Å². The molecule has 2 aliphatic carbocycles. The van der Waals surface area contributed by atoms with Gasteiger partial charge < -0.3 is 20.1 Å². The lowest BCUT2D eigenvalue weighted by atomic mass is 9.93. The first-order chi connectivity index (χ1) is 15.9. The van der Waals surface area contributed by atoms with E-state index in [4.69, 9.17) is 4.74 Å². The molecule has 2 saturated carbocycles. The fraction of sp³-hybridized carbons (Fsp3) is 0.480. The number of aliphatic hydroxyl groups is 1. The highest BCUT2D eigenvalue weighted by Gasteiger charge is 2.28. The monoisotopic (exact) mass is 452 g/mol. The van der Waals surface area contributed by atoms with E-state index in [0.717, 1.165) is 32.1 Å². The number of H-pyrrole nitrogens is 1. The van der Waals surface area contributed by atoms with Gasteiger partial charge in [-0.3, -0.25) is 4.79 Å². The first kappa shape index (κ1) is 21.8. The van der Waals surface area contributed by atoms with Gasteiger partial charge in [-0.1, -0.05) is 6.07 Å². The standard InChI is InChI=1S/C25H29FN4O3/c1-13-6-9-18(33-11-15-7-8-15)20(21(13)26)23-24-22(27-12-28-23)19(14(2)29-24)25(32)30-16-4-3-5-17(31)10-16/h6,9,12,15-17,29,31H,3-5,7-8,10-11H2,1-2H3,(H,30,32)/t16-,17+/m0/s1. The second kappa shape index (κ2) is 8.74. The van der Waals surface area contributed by atoms with Crippen molar-refractivity contribution in [2.45, 2.75) is 64.5 Å². The number of halogens is 1. The van der Waals surface area contributed by atoms with E-state index in [9.17, 15) is 9.90 Å². The number of aromatic nitrogens is 3. The van der Waals surface area contributed by atoms with Crippen LogP contribution in [0.1, 0.15) is 60.1 Å². The average Bonchev–Trinajstić information content (AvgIpc) is 3.54. The number of aromatic amines is 1. The van der Waals surface area contributed by atoms with Crippen molar-refractivity contribution in [2.75, 3.05) is 6.61 Å². The zero-order valence-corrected chi connectivity index (χ0v) is 18.9. The van der Waals surface area contributed by atoms with Gasteiger partial charge in [-0.2, -0.15) is 0 Å². The molecule has 1 amide bonds.